The number of hydrogen-bond acceptors (Lipinski definition) is 3. The van der Waals surface area contributed by atoms with Crippen molar-refractivity contribution >= 4 is 0 Å². The zero-order valence-corrected chi connectivity index (χ0v) is 10.1. The summed E-state index contributed by atoms with van der Waals surface area (Å²) in [6, 6.07) is 0. The van der Waals surface area contributed by atoms with Gasteiger partial charge in [-0.25, -0.2) is 4.79 Å². The van der Waals surface area contributed by atoms with Gasteiger partial charge in [-0.05, 0) is 18.8 Å². The highest BCUT2D eigenvalue weighted by Gasteiger charge is 2.24. The van der Waals surface area contributed by atoms with Gasteiger partial charge in [-0.1, -0.05) is 33.1 Å². The molecule has 1 aromatic heterocycles. The predicted molar refractivity (Wildman–Crippen MR) is 61.6 cm³/mol. The van der Waals surface area contributed by atoms with E-state index in [1.165, 1.54) is 19.3 Å². The van der Waals surface area contributed by atoms with Crippen molar-refractivity contribution < 1.29 is 8.83 Å². The summed E-state index contributed by atoms with van der Waals surface area (Å²) in [6.45, 7) is 4.25. The highest BCUT2D eigenvalue weighted by molar-refractivity contribution is 5.11. The lowest BCUT2D eigenvalue weighted by Crippen LogP contribution is -2.07. The molecule has 0 bridgehead atoms. The summed E-state index contributed by atoms with van der Waals surface area (Å²) in [4.78, 5) is 11.2. The van der Waals surface area contributed by atoms with Crippen LogP contribution in [0.4, 0.5) is 0 Å². The molecule has 1 fully saturated rings. The number of rotatable bonds is 3. The van der Waals surface area contributed by atoms with Gasteiger partial charge in [-0.2, -0.15) is 0 Å². The van der Waals surface area contributed by atoms with E-state index >= 15 is 0 Å². The van der Waals surface area contributed by atoms with E-state index in [0.29, 0.717) is 11.8 Å². The first kappa shape index (κ1) is 11.5. The summed E-state index contributed by atoms with van der Waals surface area (Å²) in [6.07, 6.45) is 6.85. The maximum absolute atomic E-state index is 11.2. The third-order valence-corrected chi connectivity index (χ3v) is 3.24. The molecule has 0 atom stereocenters. The zero-order valence-electron chi connectivity index (χ0n) is 10.1. The second-order valence-electron chi connectivity index (χ2n) is 5.17. The second-order valence-corrected chi connectivity index (χ2v) is 5.17. The molecule has 0 saturated heterocycles. The van der Waals surface area contributed by atoms with E-state index in [1.807, 2.05) is 0 Å². The fraction of sp³-hybridized carbons (Fsp3) is 0.769. The quantitative estimate of drug-likeness (QED) is 0.789. The lowest BCUT2D eigenvalue weighted by atomic mass is 9.86. The Kier molecular flexibility index (Phi) is 3.52. The third kappa shape index (κ3) is 2.57. The molecule has 1 saturated carbocycles. The molecule has 3 nitrogen and oxygen atoms in total. The largest absolute Gasteiger partial charge is 0.519 e. The van der Waals surface area contributed by atoms with Crippen LogP contribution in [-0.2, 0) is 6.42 Å². The van der Waals surface area contributed by atoms with E-state index in [9.17, 15) is 4.79 Å². The van der Waals surface area contributed by atoms with Gasteiger partial charge in [0.25, 0.3) is 0 Å². The molecule has 1 aliphatic carbocycles. The Hall–Kier alpha value is -0.990. The molecule has 0 aromatic carbocycles. The van der Waals surface area contributed by atoms with Crippen molar-refractivity contribution in [3.05, 3.63) is 22.1 Å². The van der Waals surface area contributed by atoms with Crippen molar-refractivity contribution in [3.63, 3.8) is 0 Å². The third-order valence-electron chi connectivity index (χ3n) is 3.24. The van der Waals surface area contributed by atoms with Crippen molar-refractivity contribution in [1.82, 2.24) is 0 Å². The molecule has 1 aromatic rings. The van der Waals surface area contributed by atoms with Crippen LogP contribution in [0.1, 0.15) is 63.4 Å². The van der Waals surface area contributed by atoms with Crippen molar-refractivity contribution in [3.8, 4) is 0 Å². The van der Waals surface area contributed by atoms with Crippen LogP contribution in [0.5, 0.6) is 0 Å². The van der Waals surface area contributed by atoms with E-state index in [1.54, 1.807) is 0 Å². The van der Waals surface area contributed by atoms with Gasteiger partial charge in [-0.15, -0.1) is 0 Å². The molecule has 0 unspecified atom stereocenters. The molecule has 1 aliphatic rings. The first-order valence-electron chi connectivity index (χ1n) is 6.29. The maximum Gasteiger partial charge on any atom is 0.519 e. The zero-order chi connectivity index (χ0) is 11.5. The van der Waals surface area contributed by atoms with E-state index in [4.69, 9.17) is 8.83 Å². The molecule has 3 heteroatoms. The highest BCUT2D eigenvalue weighted by atomic mass is 16.6. The van der Waals surface area contributed by atoms with Gasteiger partial charge in [0.2, 0.25) is 0 Å². The number of hydrogen-bond donors (Lipinski definition) is 0. The molecular weight excluding hydrogens is 204 g/mol. The van der Waals surface area contributed by atoms with Crippen LogP contribution in [0.25, 0.3) is 0 Å². The fourth-order valence-electron chi connectivity index (χ4n) is 2.51. The van der Waals surface area contributed by atoms with Crippen LogP contribution in [0.15, 0.2) is 13.6 Å². The molecule has 0 spiro atoms. The summed E-state index contributed by atoms with van der Waals surface area (Å²) >= 11 is 0. The minimum absolute atomic E-state index is 0.411. The molecular formula is C13H20O3. The van der Waals surface area contributed by atoms with Crippen molar-refractivity contribution in [2.45, 2.75) is 58.3 Å². The van der Waals surface area contributed by atoms with Crippen molar-refractivity contribution in [2.24, 2.45) is 5.92 Å². The minimum atomic E-state index is -0.531. The van der Waals surface area contributed by atoms with E-state index in [0.717, 1.165) is 30.8 Å². The molecule has 0 N–H and O–H groups in total. The van der Waals surface area contributed by atoms with Gasteiger partial charge >= 0.3 is 5.82 Å². The molecule has 2 rings (SSSR count). The molecule has 0 aliphatic heterocycles. The molecule has 16 heavy (non-hydrogen) atoms. The average molecular weight is 224 g/mol. The minimum Gasteiger partial charge on any atom is -0.396 e. The SMILES string of the molecule is CC(C)Cc1oc(=O)oc1C1CCCCC1. The van der Waals surface area contributed by atoms with Gasteiger partial charge in [-0.3, -0.25) is 0 Å². The summed E-state index contributed by atoms with van der Waals surface area (Å²) in [5.41, 5.74) is 0. The Morgan fingerprint density at radius 1 is 1.19 bits per heavy atom. The first-order valence-corrected chi connectivity index (χ1v) is 6.29. The average Bonchev–Trinajstić information content (AvgIpc) is 2.60. The predicted octanol–water partition coefficient (Wildman–Crippen LogP) is 3.48. The van der Waals surface area contributed by atoms with Crippen LogP contribution >= 0.6 is 0 Å². The Bertz CT molecular complexity index is 380. The van der Waals surface area contributed by atoms with Gasteiger partial charge in [0, 0.05) is 12.3 Å². The van der Waals surface area contributed by atoms with Crippen LogP contribution < -0.4 is 5.82 Å². The van der Waals surface area contributed by atoms with Crippen LogP contribution in [0.3, 0.4) is 0 Å². The van der Waals surface area contributed by atoms with E-state index in [2.05, 4.69) is 13.8 Å². The van der Waals surface area contributed by atoms with Crippen LogP contribution in [0, 0.1) is 5.92 Å². The molecule has 1 heterocycles. The Morgan fingerprint density at radius 3 is 2.50 bits per heavy atom. The Morgan fingerprint density at radius 2 is 1.88 bits per heavy atom. The first-order chi connectivity index (χ1) is 7.66. The van der Waals surface area contributed by atoms with Crippen LogP contribution in [0.2, 0.25) is 0 Å². The second kappa shape index (κ2) is 4.89. The van der Waals surface area contributed by atoms with E-state index < -0.39 is 5.82 Å². The normalized spacial score (nSPS) is 18.2. The van der Waals surface area contributed by atoms with Gasteiger partial charge < -0.3 is 8.83 Å². The lowest BCUT2D eigenvalue weighted by Gasteiger charge is -2.19. The Labute approximate surface area is 95.8 Å². The lowest BCUT2D eigenvalue weighted by molar-refractivity contribution is 0.336. The monoisotopic (exact) mass is 224 g/mol. The fourth-order valence-corrected chi connectivity index (χ4v) is 2.51. The van der Waals surface area contributed by atoms with Gasteiger partial charge in [0.15, 0.2) is 11.5 Å². The molecule has 90 valence electrons. The summed E-state index contributed by atoms with van der Waals surface area (Å²) < 4.78 is 10.4. The van der Waals surface area contributed by atoms with E-state index in [-0.39, 0.29) is 0 Å². The smallest absolute Gasteiger partial charge is 0.396 e. The highest BCUT2D eigenvalue weighted by Crippen LogP contribution is 2.34. The topological polar surface area (TPSA) is 43.4 Å². The van der Waals surface area contributed by atoms with Crippen LogP contribution in [-0.4, -0.2) is 0 Å². The van der Waals surface area contributed by atoms with Crippen molar-refractivity contribution in [2.75, 3.05) is 0 Å². The summed E-state index contributed by atoms with van der Waals surface area (Å²) in [5, 5.41) is 0. The standard InChI is InChI=1S/C13H20O3/c1-9(2)8-11-12(16-13(14)15-11)10-6-4-3-5-7-10/h9-10H,3-8H2,1-2H3. The Balaban J connectivity index is 2.20. The van der Waals surface area contributed by atoms with Gasteiger partial charge in [0.1, 0.15) is 0 Å². The van der Waals surface area contributed by atoms with Crippen molar-refractivity contribution in [1.29, 1.82) is 0 Å². The summed E-state index contributed by atoms with van der Waals surface area (Å²) in [5.74, 6) is 1.98. The van der Waals surface area contributed by atoms with Gasteiger partial charge in [0.05, 0.1) is 0 Å². The molecule has 0 amide bonds. The maximum atomic E-state index is 11.2. The summed E-state index contributed by atoms with van der Waals surface area (Å²) in [7, 11) is 0. The molecule has 0 radical (unpaired) electrons.